The quantitative estimate of drug-likeness (QED) is 0.579. The van der Waals surface area contributed by atoms with Gasteiger partial charge in [-0.05, 0) is 64.7 Å². The number of carbonyl (C=O) groups excluding carboxylic acids is 1. The van der Waals surface area contributed by atoms with Gasteiger partial charge in [0.25, 0.3) is 0 Å². The molecule has 0 radical (unpaired) electrons. The van der Waals surface area contributed by atoms with Crippen molar-refractivity contribution in [3.05, 3.63) is 54.2 Å². The van der Waals surface area contributed by atoms with Crippen LogP contribution in [0.15, 0.2) is 42.6 Å². The Balaban J connectivity index is 1.59. The van der Waals surface area contributed by atoms with Crippen LogP contribution in [0.1, 0.15) is 59.1 Å². The highest BCUT2D eigenvalue weighted by molar-refractivity contribution is 5.68. The van der Waals surface area contributed by atoms with E-state index in [-0.39, 0.29) is 34.9 Å². The number of nitrogens with one attached hydrogen (secondary N) is 1. The number of halogens is 1. The number of aromatic nitrogens is 4. The maximum absolute atomic E-state index is 14.9. The fourth-order valence-corrected chi connectivity index (χ4v) is 3.65. The van der Waals surface area contributed by atoms with E-state index in [1.54, 1.807) is 43.5 Å². The summed E-state index contributed by atoms with van der Waals surface area (Å²) in [5, 5.41) is 11.4. The molecule has 4 rings (SSSR count). The molecule has 0 saturated heterocycles. The molecule has 9 heteroatoms. The van der Waals surface area contributed by atoms with E-state index in [1.807, 2.05) is 0 Å². The summed E-state index contributed by atoms with van der Waals surface area (Å²) >= 11 is 0. The smallest absolute Gasteiger partial charge is 0.407 e. The molecular formula is C24H28FN5O3. The van der Waals surface area contributed by atoms with E-state index < -0.39 is 30.9 Å². The molecule has 1 saturated carbocycles. The van der Waals surface area contributed by atoms with Crippen LogP contribution in [0.2, 0.25) is 0 Å². The van der Waals surface area contributed by atoms with Crippen LogP contribution in [0.3, 0.4) is 0 Å². The zero-order chi connectivity index (χ0) is 27.9. The highest BCUT2D eigenvalue weighted by atomic mass is 19.1. The third-order valence-electron chi connectivity index (χ3n) is 5.14. The summed E-state index contributed by atoms with van der Waals surface area (Å²) in [6, 6.07) is 8.84. The van der Waals surface area contributed by atoms with Gasteiger partial charge in [0.15, 0.2) is 5.82 Å². The van der Waals surface area contributed by atoms with Crippen molar-refractivity contribution in [2.75, 3.05) is 6.56 Å². The summed E-state index contributed by atoms with van der Waals surface area (Å²) in [5.74, 6) is 0.0163. The van der Waals surface area contributed by atoms with E-state index in [4.69, 9.17) is 16.3 Å². The highest BCUT2D eigenvalue weighted by Gasteiger charge is 2.37. The Morgan fingerprint density at radius 1 is 1.27 bits per heavy atom. The summed E-state index contributed by atoms with van der Waals surface area (Å²) in [4.78, 5) is 16.3. The number of hydrogen-bond donors (Lipinski definition) is 1. The van der Waals surface area contributed by atoms with Crippen LogP contribution in [-0.4, -0.2) is 44.0 Å². The second-order valence-corrected chi connectivity index (χ2v) is 8.76. The van der Waals surface area contributed by atoms with E-state index in [9.17, 15) is 9.18 Å². The summed E-state index contributed by atoms with van der Waals surface area (Å²) in [6.45, 7) is -0.560. The van der Waals surface area contributed by atoms with Crippen LogP contribution in [0, 0.1) is 5.82 Å². The number of hydrogen-bond acceptors (Lipinski definition) is 6. The zero-order valence-corrected chi connectivity index (χ0v) is 18.5. The number of ether oxygens (including phenoxy) is 2. The molecule has 1 fully saturated rings. The number of nitrogens with zero attached hydrogens (tertiary/aromatic N) is 4. The number of pyridine rings is 1. The molecule has 0 spiro atoms. The number of alkyl carbamates (subject to hydrolysis) is 1. The van der Waals surface area contributed by atoms with Crippen molar-refractivity contribution in [1.82, 2.24) is 25.1 Å². The maximum atomic E-state index is 14.9. The minimum absolute atomic E-state index is 0.0953. The Hall–Kier alpha value is -3.49. The Bertz CT molecular complexity index is 1300. The van der Waals surface area contributed by atoms with Crippen molar-refractivity contribution >= 4 is 6.09 Å². The number of carbonyl (C=O) groups is 1. The van der Waals surface area contributed by atoms with Crippen LogP contribution < -0.4 is 10.1 Å². The highest BCUT2D eigenvalue weighted by Crippen LogP contribution is 2.39. The Morgan fingerprint density at radius 3 is 2.73 bits per heavy atom. The van der Waals surface area contributed by atoms with Gasteiger partial charge >= 0.3 is 6.09 Å². The number of amides is 1. The first-order valence-electron chi connectivity index (χ1n) is 13.0. The summed E-state index contributed by atoms with van der Waals surface area (Å²) < 4.78 is 63.9. The van der Waals surface area contributed by atoms with Crippen LogP contribution in [0.25, 0.3) is 17.2 Å². The minimum atomic E-state index is -3.00. The molecule has 174 valence electrons. The number of rotatable bonds is 6. The maximum Gasteiger partial charge on any atom is 0.407 e. The first kappa shape index (κ1) is 17.0. The van der Waals surface area contributed by atoms with E-state index >= 15 is 0 Å². The van der Waals surface area contributed by atoms with Gasteiger partial charge in [-0.2, -0.15) is 0 Å². The lowest BCUT2D eigenvalue weighted by Crippen LogP contribution is -2.45. The van der Waals surface area contributed by atoms with Gasteiger partial charge in [0.1, 0.15) is 28.7 Å². The SMILES string of the molecule is [2H]C([2H])([2H])C([2H])([2H])Oc1ccc(-c2nnc(C3CC(NC(=O)OC(C)(C)C)C3)n2-c2ccccc2F)nc1. The van der Waals surface area contributed by atoms with Gasteiger partial charge in [-0.25, -0.2) is 14.2 Å². The number of benzene rings is 1. The Morgan fingerprint density at radius 2 is 2.06 bits per heavy atom. The first-order valence-corrected chi connectivity index (χ1v) is 10.5. The standard InChI is InChI=1S/C24H28FN5O3/c1-5-32-17-10-11-19(26-14-17)22-29-28-21(30(22)20-9-7-6-8-18(20)25)15-12-16(13-15)27-23(31)33-24(2,3)4/h6-11,14-16H,5,12-13H2,1-4H3,(H,27,31)/i1D3,5D2. The lowest BCUT2D eigenvalue weighted by molar-refractivity contribution is 0.0469. The van der Waals surface area contributed by atoms with Crippen LogP contribution in [-0.2, 0) is 4.74 Å². The predicted molar refractivity (Wildman–Crippen MR) is 121 cm³/mol. The van der Waals surface area contributed by atoms with Gasteiger partial charge in [-0.1, -0.05) is 12.1 Å². The third-order valence-corrected chi connectivity index (χ3v) is 5.14. The Kier molecular flexibility index (Phi) is 4.74. The first-order chi connectivity index (χ1) is 17.6. The third kappa shape index (κ3) is 5.13. The molecule has 1 amide bonds. The van der Waals surface area contributed by atoms with Gasteiger partial charge in [-0.15, -0.1) is 10.2 Å². The fourth-order valence-electron chi connectivity index (χ4n) is 3.65. The summed E-state index contributed by atoms with van der Waals surface area (Å²) in [6.07, 6.45) is 1.77. The molecule has 1 aliphatic carbocycles. The zero-order valence-electron chi connectivity index (χ0n) is 23.5. The number of para-hydroxylation sites is 1. The van der Waals surface area contributed by atoms with Crippen molar-refractivity contribution < 1.29 is 25.5 Å². The molecule has 2 heterocycles. The summed E-state index contributed by atoms with van der Waals surface area (Å²) in [5.41, 5.74) is -0.112. The van der Waals surface area contributed by atoms with Gasteiger partial charge in [-0.3, -0.25) is 4.57 Å². The minimum Gasteiger partial charge on any atom is -0.492 e. The van der Waals surface area contributed by atoms with E-state index in [1.165, 1.54) is 24.4 Å². The second kappa shape index (κ2) is 9.17. The van der Waals surface area contributed by atoms with Crippen molar-refractivity contribution in [1.29, 1.82) is 0 Å². The Labute approximate surface area is 199 Å². The molecular weight excluding hydrogens is 425 g/mol. The second-order valence-electron chi connectivity index (χ2n) is 8.76. The van der Waals surface area contributed by atoms with E-state index in [0.717, 1.165) is 0 Å². The van der Waals surface area contributed by atoms with Gasteiger partial charge in [0.2, 0.25) is 0 Å². The average molecular weight is 459 g/mol. The topological polar surface area (TPSA) is 91.2 Å². The van der Waals surface area contributed by atoms with E-state index in [2.05, 4.69) is 20.5 Å². The van der Waals surface area contributed by atoms with Gasteiger partial charge in [0.05, 0.1) is 21.2 Å². The molecule has 0 unspecified atom stereocenters. The van der Waals surface area contributed by atoms with Gasteiger partial charge in [0, 0.05) is 16.1 Å². The molecule has 0 bridgehead atoms. The summed E-state index contributed by atoms with van der Waals surface area (Å²) in [7, 11) is 0. The molecule has 0 atom stereocenters. The molecule has 33 heavy (non-hydrogen) atoms. The fraction of sp³-hybridized carbons (Fsp3) is 0.417. The molecule has 1 aromatic carbocycles. The molecule has 2 aromatic heterocycles. The van der Waals surface area contributed by atoms with Crippen LogP contribution >= 0.6 is 0 Å². The normalized spacial score (nSPS) is 20.9. The van der Waals surface area contributed by atoms with Crippen LogP contribution in [0.5, 0.6) is 5.75 Å². The van der Waals surface area contributed by atoms with Crippen molar-refractivity contribution in [2.24, 2.45) is 0 Å². The molecule has 3 aromatic rings. The largest absolute Gasteiger partial charge is 0.492 e. The molecule has 8 nitrogen and oxygen atoms in total. The molecule has 1 N–H and O–H groups in total. The van der Waals surface area contributed by atoms with Crippen molar-refractivity contribution in [3.63, 3.8) is 0 Å². The lowest BCUT2D eigenvalue weighted by atomic mass is 9.79. The van der Waals surface area contributed by atoms with Crippen molar-refractivity contribution in [3.8, 4) is 23.0 Å². The predicted octanol–water partition coefficient (Wildman–Crippen LogP) is 4.64. The molecule has 1 aliphatic rings. The van der Waals surface area contributed by atoms with Gasteiger partial charge < -0.3 is 14.8 Å². The van der Waals surface area contributed by atoms with Crippen LogP contribution in [0.4, 0.5) is 9.18 Å². The van der Waals surface area contributed by atoms with Crippen molar-refractivity contribution in [2.45, 2.75) is 58.0 Å². The average Bonchev–Trinajstić information content (AvgIpc) is 3.18. The lowest BCUT2D eigenvalue weighted by Gasteiger charge is -2.35. The molecule has 0 aliphatic heterocycles. The monoisotopic (exact) mass is 458 g/mol. The van der Waals surface area contributed by atoms with E-state index in [0.29, 0.717) is 18.7 Å².